The number of Topliss-reactive ketones (excluding diaryl/α,β-unsaturated/α-hetero) is 1. The monoisotopic (exact) mass is 245 g/mol. The molecule has 0 N–H and O–H groups in total. The Morgan fingerprint density at radius 3 is 2.82 bits per heavy atom. The first-order chi connectivity index (χ1) is 8.24. The van der Waals surface area contributed by atoms with Crippen LogP contribution in [0.5, 0.6) is 0 Å². The zero-order valence-electron chi connectivity index (χ0n) is 9.38. The van der Waals surface area contributed by atoms with Gasteiger partial charge in [0.05, 0.1) is 10.4 Å². The Labute approximate surface area is 103 Å². The molecule has 3 rings (SSSR count). The van der Waals surface area contributed by atoms with E-state index in [0.29, 0.717) is 17.4 Å². The summed E-state index contributed by atoms with van der Waals surface area (Å²) in [5.74, 6) is 1.13. The number of carbonyl (C=O) groups is 1. The van der Waals surface area contributed by atoms with Crippen LogP contribution >= 0.6 is 11.3 Å². The van der Waals surface area contributed by atoms with Gasteiger partial charge in [0, 0.05) is 24.7 Å². The summed E-state index contributed by atoms with van der Waals surface area (Å²) in [6, 6.07) is 1.82. The fourth-order valence-electron chi connectivity index (χ4n) is 1.67. The number of aromatic nitrogens is 3. The molecule has 17 heavy (non-hydrogen) atoms. The molecule has 1 aliphatic rings. The molecule has 0 unspecified atom stereocenters. The van der Waals surface area contributed by atoms with Crippen molar-refractivity contribution in [1.29, 1.82) is 0 Å². The second kappa shape index (κ2) is 4.00. The minimum atomic E-state index is -0.0138. The number of hydrogen-bond acceptors (Lipinski definition) is 5. The Morgan fingerprint density at radius 2 is 2.24 bits per heavy atom. The zero-order chi connectivity index (χ0) is 11.8. The molecule has 0 aromatic carbocycles. The predicted molar refractivity (Wildman–Crippen MR) is 65.1 cm³/mol. The van der Waals surface area contributed by atoms with Gasteiger partial charge in [-0.2, -0.15) is 0 Å². The van der Waals surface area contributed by atoms with E-state index >= 15 is 0 Å². The van der Waals surface area contributed by atoms with Crippen LogP contribution in [0.1, 0.15) is 41.9 Å². The Bertz CT molecular complexity index is 561. The van der Waals surface area contributed by atoms with Crippen molar-refractivity contribution in [3.8, 4) is 10.7 Å². The third-order valence-corrected chi connectivity index (χ3v) is 3.52. The smallest absolute Gasteiger partial charge is 0.178 e. The van der Waals surface area contributed by atoms with Gasteiger partial charge in [0.2, 0.25) is 0 Å². The van der Waals surface area contributed by atoms with Gasteiger partial charge in [-0.05, 0) is 18.9 Å². The van der Waals surface area contributed by atoms with Crippen molar-refractivity contribution in [2.75, 3.05) is 0 Å². The number of carbonyl (C=O) groups excluding carboxylic acids is 1. The summed E-state index contributed by atoms with van der Waals surface area (Å²) in [6.07, 6.45) is 4.06. The van der Waals surface area contributed by atoms with E-state index in [0.717, 1.165) is 23.4 Å². The van der Waals surface area contributed by atoms with Gasteiger partial charge >= 0.3 is 0 Å². The maximum Gasteiger partial charge on any atom is 0.178 e. The maximum absolute atomic E-state index is 11.5. The largest absolute Gasteiger partial charge is 0.293 e. The molecule has 2 aromatic rings. The third-order valence-electron chi connectivity index (χ3n) is 2.75. The van der Waals surface area contributed by atoms with Gasteiger partial charge in [0.1, 0.15) is 5.69 Å². The van der Waals surface area contributed by atoms with Crippen molar-refractivity contribution in [2.24, 2.45) is 0 Å². The lowest BCUT2D eigenvalue weighted by Crippen LogP contribution is -2.03. The lowest BCUT2D eigenvalue weighted by Gasteiger charge is -2.03. The molecule has 0 saturated heterocycles. The molecule has 0 atom stereocenters. The standard InChI is InChI=1S/C12H11N3OS/c1-7(16)9-4-10(8-2-3-8)15-12(14-9)11-5-13-6-17-11/h4-6,8H,2-3H2,1H3. The highest BCUT2D eigenvalue weighted by molar-refractivity contribution is 7.13. The second-order valence-electron chi connectivity index (χ2n) is 4.20. The van der Waals surface area contributed by atoms with Crippen LogP contribution in [0.15, 0.2) is 17.8 Å². The quantitative estimate of drug-likeness (QED) is 0.780. The minimum absolute atomic E-state index is 0.0138. The average Bonchev–Trinajstić information content (AvgIpc) is 3.04. The molecule has 5 heteroatoms. The van der Waals surface area contributed by atoms with Gasteiger partial charge in [0.25, 0.3) is 0 Å². The lowest BCUT2D eigenvalue weighted by molar-refractivity contribution is 0.101. The molecule has 86 valence electrons. The minimum Gasteiger partial charge on any atom is -0.293 e. The highest BCUT2D eigenvalue weighted by Crippen LogP contribution is 2.39. The summed E-state index contributed by atoms with van der Waals surface area (Å²) >= 11 is 1.49. The molecular formula is C12H11N3OS. The highest BCUT2D eigenvalue weighted by atomic mass is 32.1. The summed E-state index contributed by atoms with van der Waals surface area (Å²) in [6.45, 7) is 1.54. The first-order valence-electron chi connectivity index (χ1n) is 5.53. The van der Waals surface area contributed by atoms with E-state index in [4.69, 9.17) is 0 Å². The highest BCUT2D eigenvalue weighted by Gasteiger charge is 2.26. The number of ketones is 1. The maximum atomic E-state index is 11.5. The van der Waals surface area contributed by atoms with Crippen molar-refractivity contribution < 1.29 is 4.79 Å². The molecule has 0 spiro atoms. The normalized spacial score (nSPS) is 14.9. The Balaban J connectivity index is 2.11. The van der Waals surface area contributed by atoms with E-state index in [1.54, 1.807) is 11.7 Å². The van der Waals surface area contributed by atoms with Crippen LogP contribution in [-0.2, 0) is 0 Å². The third kappa shape index (κ3) is 2.10. The van der Waals surface area contributed by atoms with Crippen LogP contribution in [0.2, 0.25) is 0 Å². The first-order valence-corrected chi connectivity index (χ1v) is 6.41. The number of rotatable bonds is 3. The van der Waals surface area contributed by atoms with Crippen molar-refractivity contribution in [1.82, 2.24) is 15.0 Å². The summed E-state index contributed by atoms with van der Waals surface area (Å²) in [5.41, 5.74) is 3.24. The predicted octanol–water partition coefficient (Wildman–Crippen LogP) is 2.68. The Kier molecular flexibility index (Phi) is 2.48. The molecule has 0 bridgehead atoms. The van der Waals surface area contributed by atoms with Crippen LogP contribution < -0.4 is 0 Å². The zero-order valence-corrected chi connectivity index (χ0v) is 10.2. The van der Waals surface area contributed by atoms with E-state index in [-0.39, 0.29) is 5.78 Å². The molecule has 1 fully saturated rings. The molecule has 0 radical (unpaired) electrons. The molecule has 1 saturated carbocycles. The Morgan fingerprint density at radius 1 is 1.41 bits per heavy atom. The summed E-state index contributed by atoms with van der Waals surface area (Å²) in [7, 11) is 0. The fourth-order valence-corrected chi connectivity index (χ4v) is 2.22. The van der Waals surface area contributed by atoms with Crippen LogP contribution in [0.25, 0.3) is 10.7 Å². The van der Waals surface area contributed by atoms with Gasteiger partial charge < -0.3 is 0 Å². The molecule has 2 aromatic heterocycles. The van der Waals surface area contributed by atoms with Crippen LogP contribution in [-0.4, -0.2) is 20.7 Å². The molecule has 0 amide bonds. The van der Waals surface area contributed by atoms with Crippen molar-refractivity contribution in [3.63, 3.8) is 0 Å². The summed E-state index contributed by atoms with van der Waals surface area (Å²) < 4.78 is 0. The summed E-state index contributed by atoms with van der Waals surface area (Å²) in [5, 5.41) is 0. The summed E-state index contributed by atoms with van der Waals surface area (Å²) in [4.78, 5) is 25.2. The fraction of sp³-hybridized carbons (Fsp3) is 0.333. The second-order valence-corrected chi connectivity index (χ2v) is 5.08. The van der Waals surface area contributed by atoms with E-state index < -0.39 is 0 Å². The average molecular weight is 245 g/mol. The van der Waals surface area contributed by atoms with Gasteiger partial charge in [-0.15, -0.1) is 11.3 Å². The Hall–Kier alpha value is -1.62. The molecular weight excluding hydrogens is 234 g/mol. The van der Waals surface area contributed by atoms with Crippen LogP contribution in [0.4, 0.5) is 0 Å². The molecule has 1 aliphatic carbocycles. The van der Waals surface area contributed by atoms with Gasteiger partial charge in [-0.25, -0.2) is 9.97 Å². The molecule has 2 heterocycles. The van der Waals surface area contributed by atoms with Crippen molar-refractivity contribution >= 4 is 17.1 Å². The van der Waals surface area contributed by atoms with Crippen LogP contribution in [0, 0.1) is 0 Å². The SMILES string of the molecule is CC(=O)c1cc(C2CC2)nc(-c2cncs2)n1. The van der Waals surface area contributed by atoms with Crippen molar-refractivity contribution in [3.05, 3.63) is 29.2 Å². The van der Waals surface area contributed by atoms with E-state index in [1.807, 2.05) is 6.07 Å². The number of hydrogen-bond donors (Lipinski definition) is 0. The first kappa shape index (κ1) is 10.5. The van der Waals surface area contributed by atoms with Crippen molar-refractivity contribution in [2.45, 2.75) is 25.7 Å². The van der Waals surface area contributed by atoms with Gasteiger partial charge in [0.15, 0.2) is 11.6 Å². The number of thiazole rings is 1. The lowest BCUT2D eigenvalue weighted by atomic mass is 10.2. The van der Waals surface area contributed by atoms with Crippen LogP contribution in [0.3, 0.4) is 0 Å². The van der Waals surface area contributed by atoms with Gasteiger partial charge in [-0.1, -0.05) is 0 Å². The topological polar surface area (TPSA) is 55.7 Å². The van der Waals surface area contributed by atoms with E-state index in [1.165, 1.54) is 18.3 Å². The van der Waals surface area contributed by atoms with Gasteiger partial charge in [-0.3, -0.25) is 9.78 Å². The molecule has 0 aliphatic heterocycles. The molecule has 4 nitrogen and oxygen atoms in total. The van der Waals surface area contributed by atoms with E-state index in [2.05, 4.69) is 15.0 Å². The van der Waals surface area contributed by atoms with E-state index in [9.17, 15) is 4.79 Å². The number of nitrogens with zero attached hydrogens (tertiary/aromatic N) is 3.